The molecule has 0 atom stereocenters. The molecule has 0 fully saturated rings. The fourth-order valence-electron chi connectivity index (χ4n) is 1.57. The lowest BCUT2D eigenvalue weighted by Gasteiger charge is -2.05. The molecule has 2 heterocycles. The zero-order valence-electron chi connectivity index (χ0n) is 10.0. The van der Waals surface area contributed by atoms with E-state index in [2.05, 4.69) is 21.4 Å². The average Bonchev–Trinajstić information content (AvgIpc) is 3.03. The summed E-state index contributed by atoms with van der Waals surface area (Å²) in [7, 11) is 0. The van der Waals surface area contributed by atoms with Crippen molar-refractivity contribution in [3.8, 4) is 23.0 Å². The van der Waals surface area contributed by atoms with Crippen molar-refractivity contribution in [2.75, 3.05) is 6.54 Å². The van der Waals surface area contributed by atoms with Crippen molar-refractivity contribution < 1.29 is 4.79 Å². The van der Waals surface area contributed by atoms with E-state index >= 15 is 0 Å². The van der Waals surface area contributed by atoms with Gasteiger partial charge in [0.25, 0.3) is 0 Å². The molecule has 0 aliphatic carbocycles. The van der Waals surface area contributed by atoms with Crippen molar-refractivity contribution in [1.29, 1.82) is 0 Å². The minimum atomic E-state index is -0.0989. The van der Waals surface area contributed by atoms with Crippen molar-refractivity contribution in [1.82, 2.24) is 20.1 Å². The van der Waals surface area contributed by atoms with Gasteiger partial charge >= 0.3 is 0 Å². The topological polar surface area (TPSA) is 62.7 Å². The van der Waals surface area contributed by atoms with Crippen LogP contribution in [0.4, 0.5) is 0 Å². The second-order valence-corrected chi connectivity index (χ2v) is 5.05. The van der Waals surface area contributed by atoms with Crippen LogP contribution in [0.5, 0.6) is 0 Å². The molecule has 2 aromatic heterocycles. The van der Waals surface area contributed by atoms with Crippen molar-refractivity contribution in [3.05, 3.63) is 22.3 Å². The van der Waals surface area contributed by atoms with Crippen molar-refractivity contribution in [3.63, 3.8) is 0 Å². The van der Waals surface area contributed by atoms with Crippen LogP contribution >= 0.6 is 23.6 Å². The first-order valence-electron chi connectivity index (χ1n) is 5.61. The van der Waals surface area contributed by atoms with Crippen LogP contribution in [0.25, 0.3) is 10.7 Å². The molecule has 0 saturated heterocycles. The van der Waals surface area contributed by atoms with E-state index in [9.17, 15) is 4.79 Å². The van der Waals surface area contributed by atoms with Crippen LogP contribution in [-0.4, -0.2) is 27.2 Å². The van der Waals surface area contributed by atoms with Gasteiger partial charge in [-0.25, -0.2) is 0 Å². The fourth-order valence-corrected chi connectivity index (χ4v) is 2.52. The van der Waals surface area contributed by atoms with E-state index in [1.165, 1.54) is 0 Å². The van der Waals surface area contributed by atoms with Crippen LogP contribution in [0, 0.1) is 17.1 Å². The number of amides is 1. The number of terminal acetylenes is 1. The molecule has 7 heteroatoms. The lowest BCUT2D eigenvalue weighted by Crippen LogP contribution is -2.24. The van der Waals surface area contributed by atoms with Gasteiger partial charge in [0, 0.05) is 13.0 Å². The maximum atomic E-state index is 11.5. The summed E-state index contributed by atoms with van der Waals surface area (Å²) in [4.78, 5) is 12.5. The smallest absolute Gasteiger partial charge is 0.222 e. The Morgan fingerprint density at radius 3 is 3.21 bits per heavy atom. The zero-order chi connectivity index (χ0) is 13.7. The highest BCUT2D eigenvalue weighted by Gasteiger charge is 2.10. The molecule has 1 amide bonds. The number of aromatic nitrogens is 3. The van der Waals surface area contributed by atoms with E-state index in [1.807, 2.05) is 22.1 Å². The number of aromatic amines is 1. The summed E-state index contributed by atoms with van der Waals surface area (Å²) in [6.07, 6.45) is 5.39. The van der Waals surface area contributed by atoms with Gasteiger partial charge in [-0.2, -0.15) is 5.10 Å². The summed E-state index contributed by atoms with van der Waals surface area (Å²) < 4.78 is 2.32. The minimum Gasteiger partial charge on any atom is -0.345 e. The number of carbonyl (C=O) groups is 1. The number of hydrogen-bond acceptors (Lipinski definition) is 4. The Morgan fingerprint density at radius 1 is 1.68 bits per heavy atom. The van der Waals surface area contributed by atoms with Gasteiger partial charge in [0.2, 0.25) is 5.91 Å². The van der Waals surface area contributed by atoms with Gasteiger partial charge in [0.1, 0.15) is 0 Å². The van der Waals surface area contributed by atoms with Gasteiger partial charge in [-0.05, 0) is 23.7 Å². The molecular formula is C12H12N4OS2. The first-order chi connectivity index (χ1) is 9.22. The standard InChI is InChI=1S/C12H12N4OS2/c1-2-6-13-10(17)5-7-16-11(14-15-12(16)18)9-4-3-8-19-9/h1,3-4,8H,5-7H2,(H,13,17)(H,15,18). The van der Waals surface area contributed by atoms with Gasteiger partial charge < -0.3 is 5.32 Å². The molecule has 98 valence electrons. The molecule has 2 N–H and O–H groups in total. The molecule has 0 aromatic carbocycles. The highest BCUT2D eigenvalue weighted by molar-refractivity contribution is 7.71. The summed E-state index contributed by atoms with van der Waals surface area (Å²) >= 11 is 6.75. The molecule has 0 aliphatic heterocycles. The Bertz CT molecular complexity index is 648. The average molecular weight is 292 g/mol. The fraction of sp³-hybridized carbons (Fsp3) is 0.250. The van der Waals surface area contributed by atoms with E-state index in [0.717, 1.165) is 10.7 Å². The monoisotopic (exact) mass is 292 g/mol. The predicted octanol–water partition coefficient (Wildman–Crippen LogP) is 1.81. The number of rotatable bonds is 5. The molecule has 0 saturated carbocycles. The highest BCUT2D eigenvalue weighted by Crippen LogP contribution is 2.22. The Morgan fingerprint density at radius 2 is 2.53 bits per heavy atom. The third kappa shape index (κ3) is 3.30. The first kappa shape index (κ1) is 13.5. The molecule has 0 bridgehead atoms. The quantitative estimate of drug-likeness (QED) is 0.652. The summed E-state index contributed by atoms with van der Waals surface area (Å²) in [6, 6.07) is 3.91. The maximum absolute atomic E-state index is 11.5. The van der Waals surface area contributed by atoms with E-state index in [4.69, 9.17) is 18.6 Å². The normalized spacial score (nSPS) is 10.1. The Labute approximate surface area is 119 Å². The van der Waals surface area contributed by atoms with E-state index < -0.39 is 0 Å². The van der Waals surface area contributed by atoms with Crippen molar-refractivity contribution >= 4 is 29.5 Å². The second kappa shape index (κ2) is 6.31. The van der Waals surface area contributed by atoms with E-state index in [0.29, 0.717) is 17.7 Å². The number of thiophene rings is 1. The lowest BCUT2D eigenvalue weighted by molar-refractivity contribution is -0.121. The largest absolute Gasteiger partial charge is 0.345 e. The zero-order valence-corrected chi connectivity index (χ0v) is 11.7. The van der Waals surface area contributed by atoms with Crippen LogP contribution in [0.3, 0.4) is 0 Å². The number of carbonyl (C=O) groups excluding carboxylic acids is 1. The molecule has 0 radical (unpaired) electrons. The van der Waals surface area contributed by atoms with Gasteiger partial charge in [-0.15, -0.1) is 17.8 Å². The van der Waals surface area contributed by atoms with Crippen LogP contribution in [-0.2, 0) is 11.3 Å². The van der Waals surface area contributed by atoms with Gasteiger partial charge in [-0.3, -0.25) is 14.5 Å². The lowest BCUT2D eigenvalue weighted by atomic mass is 10.3. The number of hydrogen-bond donors (Lipinski definition) is 2. The molecule has 5 nitrogen and oxygen atoms in total. The Balaban J connectivity index is 2.09. The predicted molar refractivity (Wildman–Crippen MR) is 77.2 cm³/mol. The first-order valence-corrected chi connectivity index (χ1v) is 6.90. The molecule has 0 unspecified atom stereocenters. The van der Waals surface area contributed by atoms with E-state index in [-0.39, 0.29) is 12.5 Å². The van der Waals surface area contributed by atoms with Gasteiger partial charge in [0.05, 0.1) is 11.4 Å². The minimum absolute atomic E-state index is 0.0989. The number of nitrogens with one attached hydrogen (secondary N) is 2. The third-order valence-corrected chi connectivity index (χ3v) is 3.63. The van der Waals surface area contributed by atoms with Gasteiger partial charge in [-0.1, -0.05) is 12.0 Å². The molecule has 2 aromatic rings. The Kier molecular flexibility index (Phi) is 4.49. The summed E-state index contributed by atoms with van der Waals surface area (Å²) in [5.74, 6) is 3.02. The third-order valence-electron chi connectivity index (χ3n) is 2.45. The summed E-state index contributed by atoms with van der Waals surface area (Å²) in [6.45, 7) is 0.715. The van der Waals surface area contributed by atoms with E-state index in [1.54, 1.807) is 11.3 Å². The molecule has 0 spiro atoms. The highest BCUT2D eigenvalue weighted by atomic mass is 32.1. The van der Waals surface area contributed by atoms with Crippen LogP contribution in [0.1, 0.15) is 6.42 Å². The second-order valence-electron chi connectivity index (χ2n) is 3.71. The summed E-state index contributed by atoms with van der Waals surface area (Å²) in [5, 5.41) is 11.5. The van der Waals surface area contributed by atoms with Crippen molar-refractivity contribution in [2.45, 2.75) is 13.0 Å². The summed E-state index contributed by atoms with van der Waals surface area (Å²) in [5.41, 5.74) is 0. The van der Waals surface area contributed by atoms with Crippen LogP contribution in [0.2, 0.25) is 0 Å². The molecule has 0 aliphatic rings. The Hall–Kier alpha value is -1.91. The van der Waals surface area contributed by atoms with Crippen LogP contribution in [0.15, 0.2) is 17.5 Å². The SMILES string of the molecule is C#CCNC(=O)CCn1c(-c2cccs2)n[nH]c1=S. The number of nitrogens with zero attached hydrogens (tertiary/aromatic N) is 2. The number of H-pyrrole nitrogens is 1. The van der Waals surface area contributed by atoms with Crippen LogP contribution < -0.4 is 5.32 Å². The van der Waals surface area contributed by atoms with Crippen molar-refractivity contribution in [2.24, 2.45) is 0 Å². The molecule has 19 heavy (non-hydrogen) atoms. The van der Waals surface area contributed by atoms with Gasteiger partial charge in [0.15, 0.2) is 10.6 Å². The molecular weight excluding hydrogens is 280 g/mol. The molecule has 2 rings (SSSR count). The maximum Gasteiger partial charge on any atom is 0.222 e.